The molecule has 1 aliphatic rings. The van der Waals surface area contributed by atoms with Crippen LogP contribution in [0, 0.1) is 0 Å². The lowest BCUT2D eigenvalue weighted by molar-refractivity contribution is 0.331. The average Bonchev–Trinajstić information content (AvgIpc) is 3.24. The summed E-state index contributed by atoms with van der Waals surface area (Å²) in [5.41, 5.74) is 3.53. The van der Waals surface area contributed by atoms with Crippen molar-refractivity contribution in [3.8, 4) is 0 Å². The van der Waals surface area contributed by atoms with Crippen molar-refractivity contribution in [2.75, 3.05) is 23.7 Å². The lowest BCUT2D eigenvalue weighted by Crippen LogP contribution is -2.18. The molecule has 0 atom stereocenters. The fourth-order valence-electron chi connectivity index (χ4n) is 3.35. The molecule has 28 heavy (non-hydrogen) atoms. The first-order valence-corrected chi connectivity index (χ1v) is 10.4. The maximum atomic E-state index is 4.60. The third kappa shape index (κ3) is 5.09. The van der Waals surface area contributed by atoms with Crippen LogP contribution in [-0.2, 0) is 13.1 Å². The summed E-state index contributed by atoms with van der Waals surface area (Å²) >= 11 is 3.52. The van der Waals surface area contributed by atoms with E-state index < -0.39 is 0 Å². The number of nitrogens with zero attached hydrogens (tertiary/aromatic N) is 3. The van der Waals surface area contributed by atoms with E-state index >= 15 is 0 Å². The van der Waals surface area contributed by atoms with Gasteiger partial charge in [-0.05, 0) is 65.1 Å². The second-order valence-electron chi connectivity index (χ2n) is 7.03. The van der Waals surface area contributed by atoms with Crippen molar-refractivity contribution < 1.29 is 0 Å². The number of hydrogen-bond donors (Lipinski definition) is 2. The average molecular weight is 438 g/mol. The first-order chi connectivity index (χ1) is 13.8. The predicted molar refractivity (Wildman–Crippen MR) is 118 cm³/mol. The van der Waals surface area contributed by atoms with E-state index in [1.54, 1.807) is 6.20 Å². The standard InChI is InChI=1S/C22H24BrN5/c23-20-15-25-22(27-21(20)24-14-17-6-2-1-3-7-17)26-19-10-8-18(9-11-19)16-28-12-4-5-13-28/h1-3,6-11,15H,4-5,12-14,16H2,(H2,24,25,26,27). The molecule has 3 aromatic rings. The number of rotatable bonds is 7. The molecule has 1 fully saturated rings. The lowest BCUT2D eigenvalue weighted by Gasteiger charge is -2.15. The summed E-state index contributed by atoms with van der Waals surface area (Å²) in [5.74, 6) is 1.35. The highest BCUT2D eigenvalue weighted by Gasteiger charge is 2.11. The minimum atomic E-state index is 0.575. The highest BCUT2D eigenvalue weighted by atomic mass is 79.9. The first-order valence-electron chi connectivity index (χ1n) is 9.65. The number of nitrogens with one attached hydrogen (secondary N) is 2. The summed E-state index contributed by atoms with van der Waals surface area (Å²) in [6.07, 6.45) is 4.41. The summed E-state index contributed by atoms with van der Waals surface area (Å²) < 4.78 is 0.843. The molecular weight excluding hydrogens is 414 g/mol. The number of hydrogen-bond acceptors (Lipinski definition) is 5. The monoisotopic (exact) mass is 437 g/mol. The molecule has 0 bridgehead atoms. The number of benzene rings is 2. The second-order valence-corrected chi connectivity index (χ2v) is 7.89. The van der Waals surface area contributed by atoms with Crippen LogP contribution in [0.4, 0.5) is 17.5 Å². The Morgan fingerprint density at radius 2 is 1.68 bits per heavy atom. The fourth-order valence-corrected chi connectivity index (χ4v) is 3.69. The van der Waals surface area contributed by atoms with E-state index in [9.17, 15) is 0 Å². The Labute approximate surface area is 174 Å². The van der Waals surface area contributed by atoms with Crippen molar-refractivity contribution >= 4 is 33.4 Å². The van der Waals surface area contributed by atoms with Crippen molar-refractivity contribution in [2.45, 2.75) is 25.9 Å². The first kappa shape index (κ1) is 18.9. The summed E-state index contributed by atoms with van der Waals surface area (Å²) in [4.78, 5) is 11.5. The minimum Gasteiger partial charge on any atom is -0.365 e. The summed E-state index contributed by atoms with van der Waals surface area (Å²) in [6.45, 7) is 4.17. The molecule has 4 rings (SSSR count). The van der Waals surface area contributed by atoms with E-state index in [1.165, 1.54) is 37.1 Å². The minimum absolute atomic E-state index is 0.575. The van der Waals surface area contributed by atoms with E-state index in [4.69, 9.17) is 0 Å². The van der Waals surface area contributed by atoms with Gasteiger partial charge >= 0.3 is 0 Å². The number of anilines is 3. The third-order valence-corrected chi connectivity index (χ3v) is 5.44. The maximum absolute atomic E-state index is 4.60. The molecule has 0 spiro atoms. The van der Waals surface area contributed by atoms with Gasteiger partial charge in [-0.25, -0.2) is 4.98 Å². The molecule has 2 heterocycles. The Morgan fingerprint density at radius 3 is 2.43 bits per heavy atom. The summed E-state index contributed by atoms with van der Waals surface area (Å²) in [5, 5.41) is 6.66. The molecule has 2 aromatic carbocycles. The Balaban J connectivity index is 1.38. The topological polar surface area (TPSA) is 53.1 Å². The van der Waals surface area contributed by atoms with Crippen LogP contribution in [0.25, 0.3) is 0 Å². The van der Waals surface area contributed by atoms with Crippen molar-refractivity contribution in [1.82, 2.24) is 14.9 Å². The van der Waals surface area contributed by atoms with Crippen molar-refractivity contribution in [3.05, 3.63) is 76.4 Å². The molecule has 1 aliphatic heterocycles. The fraction of sp³-hybridized carbons (Fsp3) is 0.273. The van der Waals surface area contributed by atoms with Gasteiger partial charge in [0, 0.05) is 25.0 Å². The zero-order valence-electron chi connectivity index (χ0n) is 15.7. The normalized spacial score (nSPS) is 14.2. The highest BCUT2D eigenvalue weighted by molar-refractivity contribution is 9.10. The van der Waals surface area contributed by atoms with E-state index in [1.807, 2.05) is 18.2 Å². The highest BCUT2D eigenvalue weighted by Crippen LogP contribution is 2.23. The Bertz CT molecular complexity index is 893. The SMILES string of the molecule is Brc1cnc(Nc2ccc(CN3CCCC3)cc2)nc1NCc1ccccc1. The zero-order chi connectivity index (χ0) is 19.2. The second kappa shape index (κ2) is 9.17. The summed E-state index contributed by atoms with van der Waals surface area (Å²) in [6, 6.07) is 18.8. The Hall–Kier alpha value is -2.44. The largest absolute Gasteiger partial charge is 0.365 e. The van der Waals surface area contributed by atoms with Gasteiger partial charge in [-0.1, -0.05) is 42.5 Å². The molecule has 144 valence electrons. The van der Waals surface area contributed by atoms with Crippen molar-refractivity contribution in [2.24, 2.45) is 0 Å². The van der Waals surface area contributed by atoms with Crippen LogP contribution in [0.3, 0.4) is 0 Å². The molecule has 0 amide bonds. The van der Waals surface area contributed by atoms with E-state index in [2.05, 4.69) is 77.8 Å². The van der Waals surface area contributed by atoms with Crippen LogP contribution in [-0.4, -0.2) is 28.0 Å². The number of halogens is 1. The van der Waals surface area contributed by atoms with Crippen LogP contribution in [0.15, 0.2) is 65.3 Å². The molecule has 5 nitrogen and oxygen atoms in total. The molecule has 1 aromatic heterocycles. The third-order valence-electron chi connectivity index (χ3n) is 4.86. The van der Waals surface area contributed by atoms with Gasteiger partial charge in [-0.3, -0.25) is 4.90 Å². The van der Waals surface area contributed by atoms with Crippen LogP contribution in [0.1, 0.15) is 24.0 Å². The van der Waals surface area contributed by atoms with Crippen LogP contribution >= 0.6 is 15.9 Å². The van der Waals surface area contributed by atoms with Gasteiger partial charge in [-0.15, -0.1) is 0 Å². The molecule has 0 saturated carbocycles. The maximum Gasteiger partial charge on any atom is 0.229 e. The van der Waals surface area contributed by atoms with Crippen LogP contribution in [0.5, 0.6) is 0 Å². The molecule has 0 aliphatic carbocycles. The predicted octanol–water partition coefficient (Wildman–Crippen LogP) is 5.19. The van der Waals surface area contributed by atoms with Gasteiger partial charge in [0.2, 0.25) is 5.95 Å². The van der Waals surface area contributed by atoms with E-state index in [0.29, 0.717) is 12.5 Å². The van der Waals surface area contributed by atoms with Crippen molar-refractivity contribution in [1.29, 1.82) is 0 Å². The molecule has 2 N–H and O–H groups in total. The van der Waals surface area contributed by atoms with Crippen molar-refractivity contribution in [3.63, 3.8) is 0 Å². The van der Waals surface area contributed by atoms with Crippen LogP contribution in [0.2, 0.25) is 0 Å². The van der Waals surface area contributed by atoms with E-state index in [0.717, 1.165) is 22.5 Å². The molecule has 0 radical (unpaired) electrons. The number of likely N-dealkylation sites (tertiary alicyclic amines) is 1. The van der Waals surface area contributed by atoms with Crippen LogP contribution < -0.4 is 10.6 Å². The van der Waals surface area contributed by atoms with Gasteiger partial charge in [0.15, 0.2) is 0 Å². The Kier molecular flexibility index (Phi) is 6.19. The lowest BCUT2D eigenvalue weighted by atomic mass is 10.2. The molecule has 6 heteroatoms. The molecule has 1 saturated heterocycles. The van der Waals surface area contributed by atoms with E-state index in [-0.39, 0.29) is 0 Å². The van der Waals surface area contributed by atoms with Gasteiger partial charge in [0.05, 0.1) is 4.47 Å². The van der Waals surface area contributed by atoms with Gasteiger partial charge in [-0.2, -0.15) is 4.98 Å². The quantitative estimate of drug-likeness (QED) is 0.532. The Morgan fingerprint density at radius 1 is 0.929 bits per heavy atom. The van der Waals surface area contributed by atoms with Gasteiger partial charge in [0.25, 0.3) is 0 Å². The van der Waals surface area contributed by atoms with Gasteiger partial charge in [0.1, 0.15) is 5.82 Å². The molecule has 0 unspecified atom stereocenters. The number of aromatic nitrogens is 2. The zero-order valence-corrected chi connectivity index (χ0v) is 17.3. The smallest absolute Gasteiger partial charge is 0.229 e. The molecular formula is C22H24BrN5. The van der Waals surface area contributed by atoms with Gasteiger partial charge < -0.3 is 10.6 Å². The summed E-state index contributed by atoms with van der Waals surface area (Å²) in [7, 11) is 0.